The fourth-order valence-electron chi connectivity index (χ4n) is 2.43. The Morgan fingerprint density at radius 3 is 2.68 bits per heavy atom. The Labute approximate surface area is 128 Å². The highest BCUT2D eigenvalue weighted by Gasteiger charge is 2.16. The zero-order valence-electron chi connectivity index (χ0n) is 12.5. The molecule has 1 saturated heterocycles. The molecule has 1 aromatic heterocycles. The predicted molar refractivity (Wildman–Crippen MR) is 85.3 cm³/mol. The molecule has 1 aliphatic heterocycles. The summed E-state index contributed by atoms with van der Waals surface area (Å²) in [6.45, 7) is 3.05. The van der Waals surface area contributed by atoms with Gasteiger partial charge in [0.1, 0.15) is 5.82 Å². The van der Waals surface area contributed by atoms with Crippen LogP contribution in [0.15, 0.2) is 36.5 Å². The number of anilines is 3. The normalized spacial score (nSPS) is 14.7. The third kappa shape index (κ3) is 3.20. The van der Waals surface area contributed by atoms with Crippen LogP contribution in [-0.2, 0) is 11.8 Å². The second kappa shape index (κ2) is 6.48. The average Bonchev–Trinajstić information content (AvgIpc) is 2.94. The number of carbonyl (C=O) groups is 1. The molecule has 7 nitrogen and oxygen atoms in total. The van der Waals surface area contributed by atoms with Crippen molar-refractivity contribution in [1.29, 1.82) is 0 Å². The molecule has 0 saturated carbocycles. The first-order valence-corrected chi connectivity index (χ1v) is 7.22. The predicted octanol–water partition coefficient (Wildman–Crippen LogP) is 1.90. The van der Waals surface area contributed by atoms with Crippen molar-refractivity contribution < 1.29 is 9.53 Å². The van der Waals surface area contributed by atoms with Crippen molar-refractivity contribution in [2.24, 2.45) is 7.05 Å². The van der Waals surface area contributed by atoms with E-state index in [1.807, 2.05) is 24.3 Å². The molecule has 22 heavy (non-hydrogen) atoms. The average molecular weight is 301 g/mol. The summed E-state index contributed by atoms with van der Waals surface area (Å²) in [7, 11) is 1.78. The molecule has 0 atom stereocenters. The van der Waals surface area contributed by atoms with Gasteiger partial charge in [-0.25, -0.2) is 4.79 Å². The van der Waals surface area contributed by atoms with Gasteiger partial charge in [0.2, 0.25) is 0 Å². The van der Waals surface area contributed by atoms with Crippen LogP contribution < -0.4 is 15.5 Å². The first-order valence-electron chi connectivity index (χ1n) is 7.22. The summed E-state index contributed by atoms with van der Waals surface area (Å²) in [6, 6.07) is 9.23. The lowest BCUT2D eigenvalue weighted by Crippen LogP contribution is -2.37. The zero-order chi connectivity index (χ0) is 15.4. The number of rotatable bonds is 3. The quantitative estimate of drug-likeness (QED) is 0.908. The summed E-state index contributed by atoms with van der Waals surface area (Å²) in [5.41, 5.74) is 1.79. The number of nitrogens with one attached hydrogen (secondary N) is 2. The smallest absolute Gasteiger partial charge is 0.324 e. The molecule has 1 fully saturated rings. The summed E-state index contributed by atoms with van der Waals surface area (Å²) in [4.78, 5) is 14.4. The van der Waals surface area contributed by atoms with Crippen LogP contribution in [0.5, 0.6) is 0 Å². The molecule has 1 aliphatic rings. The van der Waals surface area contributed by atoms with E-state index in [0.717, 1.165) is 24.5 Å². The van der Waals surface area contributed by atoms with E-state index < -0.39 is 0 Å². The van der Waals surface area contributed by atoms with Crippen molar-refractivity contribution in [1.82, 2.24) is 9.78 Å². The van der Waals surface area contributed by atoms with Crippen LogP contribution >= 0.6 is 0 Å². The number of nitrogens with zero attached hydrogens (tertiary/aromatic N) is 3. The second-order valence-corrected chi connectivity index (χ2v) is 5.04. The number of aromatic nitrogens is 2. The van der Waals surface area contributed by atoms with Crippen molar-refractivity contribution >= 4 is 23.2 Å². The van der Waals surface area contributed by atoms with E-state index in [1.165, 1.54) is 0 Å². The monoisotopic (exact) mass is 301 g/mol. The minimum Gasteiger partial charge on any atom is -0.378 e. The first kappa shape index (κ1) is 14.4. The minimum atomic E-state index is -0.288. The zero-order valence-corrected chi connectivity index (χ0v) is 12.5. The number of aryl methyl sites for hydroxylation is 1. The first-order chi connectivity index (χ1) is 10.7. The van der Waals surface area contributed by atoms with E-state index >= 15 is 0 Å². The van der Waals surface area contributed by atoms with Gasteiger partial charge in [-0.15, -0.1) is 0 Å². The van der Waals surface area contributed by atoms with Crippen molar-refractivity contribution in [3.05, 3.63) is 36.5 Å². The number of benzene rings is 1. The number of hydrogen-bond acceptors (Lipinski definition) is 4. The third-order valence-corrected chi connectivity index (χ3v) is 3.57. The molecule has 7 heteroatoms. The third-order valence-electron chi connectivity index (χ3n) is 3.57. The van der Waals surface area contributed by atoms with Crippen LogP contribution in [0.4, 0.5) is 22.0 Å². The highest BCUT2D eigenvalue weighted by Crippen LogP contribution is 2.26. The highest BCUT2D eigenvalue weighted by molar-refractivity contribution is 6.01. The standard InChI is InChI=1S/C15H19N5O2/c1-19-14(6-7-16-19)18-15(21)17-12-4-2-3-5-13(12)20-8-10-22-11-9-20/h2-7H,8-11H2,1H3,(H2,17,18,21). The van der Waals surface area contributed by atoms with E-state index in [1.54, 1.807) is 24.0 Å². The number of carbonyl (C=O) groups excluding carboxylic acids is 1. The molecular weight excluding hydrogens is 282 g/mol. The molecule has 3 rings (SSSR count). The topological polar surface area (TPSA) is 71.4 Å². The van der Waals surface area contributed by atoms with Gasteiger partial charge in [0.15, 0.2) is 0 Å². The van der Waals surface area contributed by atoms with Gasteiger partial charge in [-0.05, 0) is 12.1 Å². The molecule has 1 aromatic carbocycles. The largest absolute Gasteiger partial charge is 0.378 e. The number of morpholine rings is 1. The Bertz CT molecular complexity index is 649. The number of ether oxygens (including phenoxy) is 1. The lowest BCUT2D eigenvalue weighted by molar-refractivity contribution is 0.123. The van der Waals surface area contributed by atoms with Crippen LogP contribution in [0.3, 0.4) is 0 Å². The lowest BCUT2D eigenvalue weighted by Gasteiger charge is -2.30. The van der Waals surface area contributed by atoms with E-state index in [4.69, 9.17) is 4.74 Å². The summed E-state index contributed by atoms with van der Waals surface area (Å²) in [5, 5.41) is 9.70. The highest BCUT2D eigenvalue weighted by atomic mass is 16.5. The van der Waals surface area contributed by atoms with Gasteiger partial charge in [0.25, 0.3) is 0 Å². The molecule has 2 amide bonds. The van der Waals surface area contributed by atoms with Crippen LogP contribution in [0.2, 0.25) is 0 Å². The fourth-order valence-corrected chi connectivity index (χ4v) is 2.43. The number of amides is 2. The molecule has 116 valence electrons. The van der Waals surface area contributed by atoms with E-state index in [-0.39, 0.29) is 6.03 Å². The molecule has 0 spiro atoms. The maximum Gasteiger partial charge on any atom is 0.324 e. The van der Waals surface area contributed by atoms with Gasteiger partial charge in [-0.3, -0.25) is 10.00 Å². The Morgan fingerprint density at radius 1 is 1.18 bits per heavy atom. The van der Waals surface area contributed by atoms with Gasteiger partial charge in [0.05, 0.1) is 30.8 Å². The Morgan fingerprint density at radius 2 is 1.95 bits per heavy atom. The maximum absolute atomic E-state index is 12.2. The van der Waals surface area contributed by atoms with Crippen molar-refractivity contribution in [2.45, 2.75) is 0 Å². The van der Waals surface area contributed by atoms with Gasteiger partial charge in [0, 0.05) is 26.2 Å². The number of hydrogen-bond donors (Lipinski definition) is 2. The van der Waals surface area contributed by atoms with Crippen molar-refractivity contribution in [3.8, 4) is 0 Å². The molecule has 2 aromatic rings. The van der Waals surface area contributed by atoms with Gasteiger partial charge >= 0.3 is 6.03 Å². The van der Waals surface area contributed by atoms with Crippen LogP contribution in [-0.4, -0.2) is 42.1 Å². The van der Waals surface area contributed by atoms with Crippen LogP contribution in [0, 0.1) is 0 Å². The van der Waals surface area contributed by atoms with Gasteiger partial charge in [-0.1, -0.05) is 12.1 Å². The molecule has 0 unspecified atom stereocenters. The minimum absolute atomic E-state index is 0.288. The lowest BCUT2D eigenvalue weighted by atomic mass is 10.2. The van der Waals surface area contributed by atoms with Gasteiger partial charge < -0.3 is 15.0 Å². The second-order valence-electron chi connectivity index (χ2n) is 5.04. The van der Waals surface area contributed by atoms with Gasteiger partial charge in [-0.2, -0.15) is 5.10 Å². The van der Waals surface area contributed by atoms with Crippen LogP contribution in [0.25, 0.3) is 0 Å². The molecule has 0 radical (unpaired) electrons. The Balaban J connectivity index is 1.71. The van der Waals surface area contributed by atoms with Crippen molar-refractivity contribution in [2.75, 3.05) is 41.8 Å². The fraction of sp³-hybridized carbons (Fsp3) is 0.333. The molecule has 2 heterocycles. The summed E-state index contributed by atoms with van der Waals surface area (Å²) in [5.74, 6) is 0.640. The van der Waals surface area contributed by atoms with E-state index in [9.17, 15) is 4.79 Å². The maximum atomic E-state index is 12.2. The molecule has 2 N–H and O–H groups in total. The molecular formula is C15H19N5O2. The van der Waals surface area contributed by atoms with E-state index in [2.05, 4.69) is 20.6 Å². The molecule has 0 bridgehead atoms. The van der Waals surface area contributed by atoms with Crippen LogP contribution in [0.1, 0.15) is 0 Å². The SMILES string of the molecule is Cn1nccc1NC(=O)Nc1ccccc1N1CCOCC1. The number of urea groups is 1. The summed E-state index contributed by atoms with van der Waals surface area (Å²) in [6.07, 6.45) is 1.64. The van der Waals surface area contributed by atoms with E-state index in [0.29, 0.717) is 19.0 Å². The van der Waals surface area contributed by atoms with Crippen molar-refractivity contribution in [3.63, 3.8) is 0 Å². The Hall–Kier alpha value is -2.54. The summed E-state index contributed by atoms with van der Waals surface area (Å²) < 4.78 is 6.98. The number of para-hydroxylation sites is 2. The summed E-state index contributed by atoms with van der Waals surface area (Å²) >= 11 is 0. The molecule has 0 aliphatic carbocycles. The Kier molecular flexibility index (Phi) is 4.24.